The summed E-state index contributed by atoms with van der Waals surface area (Å²) >= 11 is 0. The van der Waals surface area contributed by atoms with Crippen LogP contribution in [0.1, 0.15) is 39.5 Å². The Hall–Kier alpha value is -0.440. The Bertz CT molecular complexity index is 296. The van der Waals surface area contributed by atoms with Gasteiger partial charge in [-0.1, -0.05) is 26.0 Å². The topological polar surface area (TPSA) is 20.2 Å². The molecule has 0 spiro atoms. The molecule has 1 saturated carbocycles. The summed E-state index contributed by atoms with van der Waals surface area (Å²) in [7, 11) is 0. The van der Waals surface area contributed by atoms with Crippen LogP contribution in [0.15, 0.2) is 12.2 Å². The number of rotatable bonds is 2. The molecule has 0 amide bonds. The third-order valence-corrected chi connectivity index (χ3v) is 3.60. The summed E-state index contributed by atoms with van der Waals surface area (Å²) in [6, 6.07) is 0. The van der Waals surface area contributed by atoms with Gasteiger partial charge in [0.25, 0.3) is 5.92 Å². The number of halogens is 2. The molecule has 0 saturated heterocycles. The van der Waals surface area contributed by atoms with Crippen LogP contribution in [0.5, 0.6) is 0 Å². The molecule has 2 atom stereocenters. The van der Waals surface area contributed by atoms with Crippen molar-refractivity contribution in [1.82, 2.24) is 0 Å². The maximum atomic E-state index is 12.7. The van der Waals surface area contributed by atoms with E-state index in [0.717, 1.165) is 6.42 Å². The predicted molar refractivity (Wildman–Crippen MR) is 54.8 cm³/mol. The Morgan fingerprint density at radius 1 is 1.27 bits per heavy atom. The van der Waals surface area contributed by atoms with Crippen LogP contribution in [0.4, 0.5) is 8.78 Å². The Morgan fingerprint density at radius 3 is 2.27 bits per heavy atom. The standard InChI is InChI=1S/C12H18F2O/c1-10(2)3-5-11(15,6-4-10)7-9-8-12(9,13)14/h3,5,9,15H,4,6-8H2,1-2H3. The fraction of sp³-hybridized carbons (Fsp3) is 0.833. The predicted octanol–water partition coefficient (Wildman–Crippen LogP) is 3.14. The molecule has 86 valence electrons. The number of aliphatic hydroxyl groups is 1. The van der Waals surface area contributed by atoms with Crippen molar-refractivity contribution in [3.63, 3.8) is 0 Å². The highest BCUT2D eigenvalue weighted by atomic mass is 19.3. The zero-order chi connectivity index (χ0) is 11.3. The molecule has 0 radical (unpaired) electrons. The van der Waals surface area contributed by atoms with Crippen LogP contribution >= 0.6 is 0 Å². The molecule has 2 rings (SSSR count). The van der Waals surface area contributed by atoms with Gasteiger partial charge in [0.05, 0.1) is 5.60 Å². The average Bonchev–Trinajstić information content (AvgIpc) is 2.66. The van der Waals surface area contributed by atoms with Crippen LogP contribution in [0, 0.1) is 11.3 Å². The van der Waals surface area contributed by atoms with Crippen molar-refractivity contribution in [1.29, 1.82) is 0 Å². The fourth-order valence-corrected chi connectivity index (χ4v) is 2.17. The van der Waals surface area contributed by atoms with E-state index in [4.69, 9.17) is 0 Å². The van der Waals surface area contributed by atoms with E-state index >= 15 is 0 Å². The van der Waals surface area contributed by atoms with E-state index in [-0.39, 0.29) is 18.3 Å². The lowest BCUT2D eigenvalue weighted by Crippen LogP contribution is -2.33. The van der Waals surface area contributed by atoms with Crippen LogP contribution in [0.3, 0.4) is 0 Å². The van der Waals surface area contributed by atoms with E-state index in [1.165, 1.54) is 0 Å². The Labute approximate surface area is 89.2 Å². The molecule has 1 N–H and O–H groups in total. The first-order valence-corrected chi connectivity index (χ1v) is 5.53. The van der Waals surface area contributed by atoms with Crippen LogP contribution in [-0.2, 0) is 0 Å². The van der Waals surface area contributed by atoms with Gasteiger partial charge < -0.3 is 5.11 Å². The number of hydrogen-bond donors (Lipinski definition) is 1. The van der Waals surface area contributed by atoms with E-state index in [9.17, 15) is 13.9 Å². The molecule has 0 aromatic carbocycles. The SMILES string of the molecule is CC1(C)C=CC(O)(CC2CC2(F)F)CC1. The molecular formula is C12H18F2O. The summed E-state index contributed by atoms with van der Waals surface area (Å²) in [4.78, 5) is 0. The van der Waals surface area contributed by atoms with E-state index in [0.29, 0.717) is 6.42 Å². The second-order valence-electron chi connectivity index (χ2n) is 5.79. The highest BCUT2D eigenvalue weighted by molar-refractivity contribution is 5.14. The first-order chi connectivity index (χ1) is 6.73. The largest absolute Gasteiger partial charge is 0.386 e. The monoisotopic (exact) mass is 216 g/mol. The van der Waals surface area contributed by atoms with Crippen LogP contribution in [0.25, 0.3) is 0 Å². The molecule has 15 heavy (non-hydrogen) atoms. The first-order valence-electron chi connectivity index (χ1n) is 5.53. The molecular weight excluding hydrogens is 198 g/mol. The van der Waals surface area contributed by atoms with Gasteiger partial charge in [0.15, 0.2) is 0 Å². The molecule has 0 aromatic heterocycles. The van der Waals surface area contributed by atoms with E-state index in [1.54, 1.807) is 6.08 Å². The Balaban J connectivity index is 1.98. The van der Waals surface area contributed by atoms with E-state index in [2.05, 4.69) is 13.8 Å². The van der Waals surface area contributed by atoms with Crippen molar-refractivity contribution >= 4 is 0 Å². The molecule has 0 heterocycles. The van der Waals surface area contributed by atoms with Gasteiger partial charge in [0.2, 0.25) is 0 Å². The van der Waals surface area contributed by atoms with Gasteiger partial charge in [0.1, 0.15) is 0 Å². The molecule has 0 aromatic rings. The van der Waals surface area contributed by atoms with Crippen LogP contribution < -0.4 is 0 Å². The normalized spacial score (nSPS) is 41.5. The quantitative estimate of drug-likeness (QED) is 0.703. The zero-order valence-corrected chi connectivity index (χ0v) is 9.26. The highest BCUT2D eigenvalue weighted by Crippen LogP contribution is 2.54. The lowest BCUT2D eigenvalue weighted by molar-refractivity contribution is 0.0241. The minimum absolute atomic E-state index is 0.0491. The molecule has 0 aliphatic heterocycles. The van der Waals surface area contributed by atoms with Gasteiger partial charge in [-0.15, -0.1) is 0 Å². The number of hydrogen-bond acceptors (Lipinski definition) is 1. The lowest BCUT2D eigenvalue weighted by atomic mass is 9.75. The molecule has 1 nitrogen and oxygen atoms in total. The minimum Gasteiger partial charge on any atom is -0.386 e. The maximum absolute atomic E-state index is 12.7. The van der Waals surface area contributed by atoms with Crippen molar-refractivity contribution < 1.29 is 13.9 Å². The van der Waals surface area contributed by atoms with Gasteiger partial charge in [-0.25, -0.2) is 8.78 Å². The van der Waals surface area contributed by atoms with Crippen LogP contribution in [0.2, 0.25) is 0 Å². The van der Waals surface area contributed by atoms with Gasteiger partial charge in [-0.2, -0.15) is 0 Å². The van der Waals surface area contributed by atoms with Crippen molar-refractivity contribution in [3.8, 4) is 0 Å². The fourth-order valence-electron chi connectivity index (χ4n) is 2.17. The number of allylic oxidation sites excluding steroid dienone is 1. The van der Waals surface area contributed by atoms with Gasteiger partial charge in [-0.3, -0.25) is 0 Å². The average molecular weight is 216 g/mol. The van der Waals surface area contributed by atoms with Crippen LogP contribution in [-0.4, -0.2) is 16.6 Å². The lowest BCUT2D eigenvalue weighted by Gasteiger charge is -2.34. The smallest absolute Gasteiger partial charge is 0.251 e. The van der Waals surface area contributed by atoms with Gasteiger partial charge >= 0.3 is 0 Å². The van der Waals surface area contributed by atoms with Gasteiger partial charge in [0, 0.05) is 12.3 Å². The minimum atomic E-state index is -2.52. The summed E-state index contributed by atoms with van der Waals surface area (Å²) in [5.41, 5.74) is -0.890. The van der Waals surface area contributed by atoms with Crippen molar-refractivity contribution in [2.24, 2.45) is 11.3 Å². The summed E-state index contributed by atoms with van der Waals surface area (Å²) in [6.07, 6.45) is 5.31. The second-order valence-corrected chi connectivity index (χ2v) is 5.79. The first kappa shape index (κ1) is 11.1. The number of alkyl halides is 2. The molecule has 3 heteroatoms. The molecule has 2 aliphatic rings. The zero-order valence-electron chi connectivity index (χ0n) is 9.26. The summed E-state index contributed by atoms with van der Waals surface area (Å²) in [5, 5.41) is 10.1. The molecule has 2 aliphatic carbocycles. The molecule has 0 bridgehead atoms. The van der Waals surface area contributed by atoms with E-state index in [1.807, 2.05) is 6.08 Å². The Morgan fingerprint density at radius 2 is 1.87 bits per heavy atom. The second kappa shape index (κ2) is 3.03. The highest BCUT2D eigenvalue weighted by Gasteiger charge is 2.58. The van der Waals surface area contributed by atoms with Crippen molar-refractivity contribution in [2.45, 2.75) is 51.1 Å². The maximum Gasteiger partial charge on any atom is 0.251 e. The van der Waals surface area contributed by atoms with Crippen molar-refractivity contribution in [2.75, 3.05) is 0 Å². The molecule has 2 unspecified atom stereocenters. The van der Waals surface area contributed by atoms with E-state index < -0.39 is 17.4 Å². The van der Waals surface area contributed by atoms with Crippen molar-refractivity contribution in [3.05, 3.63) is 12.2 Å². The van der Waals surface area contributed by atoms with Gasteiger partial charge in [-0.05, 0) is 24.7 Å². The summed E-state index contributed by atoms with van der Waals surface area (Å²) in [6.45, 7) is 4.18. The summed E-state index contributed by atoms with van der Waals surface area (Å²) in [5.74, 6) is -3.12. The summed E-state index contributed by atoms with van der Waals surface area (Å²) < 4.78 is 25.5. The third-order valence-electron chi connectivity index (χ3n) is 3.60. The third kappa shape index (κ3) is 2.39. The Kier molecular flexibility index (Phi) is 2.24. The molecule has 1 fully saturated rings.